The standard InChI is InChI=1S/C15H25N5O/c1-19-9-11-20(12-10-19)8-4-2-3-5-18-15(21)14-13-16-6-7-17-14/h6-7,13H,2-5,8-12H2,1H3,(H,18,21). The lowest BCUT2D eigenvalue weighted by atomic mass is 10.2. The molecule has 0 spiro atoms. The molecule has 1 fully saturated rings. The van der Waals surface area contributed by atoms with Crippen LogP contribution < -0.4 is 5.32 Å². The molecule has 1 amide bonds. The van der Waals surface area contributed by atoms with Gasteiger partial charge in [0.15, 0.2) is 0 Å². The van der Waals surface area contributed by atoms with Crippen LogP contribution in [0.3, 0.4) is 0 Å². The molecular formula is C15H25N5O. The van der Waals surface area contributed by atoms with Gasteiger partial charge in [-0.1, -0.05) is 6.42 Å². The number of unbranched alkanes of at least 4 members (excludes halogenated alkanes) is 2. The Morgan fingerprint density at radius 1 is 1.19 bits per heavy atom. The van der Waals surface area contributed by atoms with Crippen molar-refractivity contribution in [1.82, 2.24) is 25.1 Å². The minimum absolute atomic E-state index is 0.137. The Morgan fingerprint density at radius 3 is 2.71 bits per heavy atom. The third-order valence-corrected chi connectivity index (χ3v) is 3.83. The van der Waals surface area contributed by atoms with Crippen LogP contribution in [0.5, 0.6) is 0 Å². The predicted molar refractivity (Wildman–Crippen MR) is 82.2 cm³/mol. The number of carbonyl (C=O) groups is 1. The highest BCUT2D eigenvalue weighted by Gasteiger charge is 2.12. The highest BCUT2D eigenvalue weighted by molar-refractivity contribution is 5.91. The molecule has 0 atom stereocenters. The fourth-order valence-electron chi connectivity index (χ4n) is 2.42. The number of amides is 1. The van der Waals surface area contributed by atoms with E-state index in [2.05, 4.69) is 32.1 Å². The Bertz CT molecular complexity index is 417. The zero-order valence-electron chi connectivity index (χ0n) is 12.8. The molecule has 1 aromatic heterocycles. The Balaban J connectivity index is 1.49. The summed E-state index contributed by atoms with van der Waals surface area (Å²) in [6.07, 6.45) is 7.94. The second-order valence-corrected chi connectivity index (χ2v) is 5.55. The molecule has 0 aromatic carbocycles. The van der Waals surface area contributed by atoms with Crippen molar-refractivity contribution in [2.24, 2.45) is 0 Å². The first kappa shape index (κ1) is 15.9. The van der Waals surface area contributed by atoms with E-state index in [9.17, 15) is 4.79 Å². The van der Waals surface area contributed by atoms with Crippen LogP contribution in [0.1, 0.15) is 29.8 Å². The van der Waals surface area contributed by atoms with Gasteiger partial charge < -0.3 is 15.1 Å². The van der Waals surface area contributed by atoms with E-state index < -0.39 is 0 Å². The maximum atomic E-state index is 11.7. The van der Waals surface area contributed by atoms with Crippen LogP contribution >= 0.6 is 0 Å². The van der Waals surface area contributed by atoms with Gasteiger partial charge in [-0.05, 0) is 26.4 Å². The molecule has 1 aliphatic rings. The fraction of sp³-hybridized carbons (Fsp3) is 0.667. The fourth-order valence-corrected chi connectivity index (χ4v) is 2.42. The minimum atomic E-state index is -0.137. The first-order chi connectivity index (χ1) is 10.3. The number of hydrogen-bond acceptors (Lipinski definition) is 5. The number of nitrogens with zero attached hydrogens (tertiary/aromatic N) is 4. The van der Waals surface area contributed by atoms with Crippen LogP contribution in [-0.2, 0) is 0 Å². The van der Waals surface area contributed by atoms with Gasteiger partial charge in [0.1, 0.15) is 5.69 Å². The monoisotopic (exact) mass is 291 g/mol. The van der Waals surface area contributed by atoms with Crippen molar-refractivity contribution in [1.29, 1.82) is 0 Å². The summed E-state index contributed by atoms with van der Waals surface area (Å²) in [7, 11) is 2.18. The van der Waals surface area contributed by atoms with Crippen LogP contribution in [0.4, 0.5) is 0 Å². The molecule has 21 heavy (non-hydrogen) atoms. The van der Waals surface area contributed by atoms with E-state index in [0.717, 1.165) is 12.8 Å². The first-order valence-electron chi connectivity index (χ1n) is 7.71. The summed E-state index contributed by atoms with van der Waals surface area (Å²) in [5.41, 5.74) is 0.384. The highest BCUT2D eigenvalue weighted by atomic mass is 16.1. The van der Waals surface area contributed by atoms with E-state index >= 15 is 0 Å². The smallest absolute Gasteiger partial charge is 0.271 e. The molecule has 116 valence electrons. The molecule has 6 heteroatoms. The van der Waals surface area contributed by atoms with Gasteiger partial charge in [-0.25, -0.2) is 4.98 Å². The quantitative estimate of drug-likeness (QED) is 0.746. The summed E-state index contributed by atoms with van der Waals surface area (Å²) in [5.74, 6) is -0.137. The van der Waals surface area contributed by atoms with Gasteiger partial charge in [0, 0.05) is 45.1 Å². The molecule has 1 aliphatic heterocycles. The molecule has 0 saturated carbocycles. The van der Waals surface area contributed by atoms with Crippen LogP contribution in [0.2, 0.25) is 0 Å². The zero-order valence-corrected chi connectivity index (χ0v) is 12.8. The van der Waals surface area contributed by atoms with Gasteiger partial charge in [-0.3, -0.25) is 9.78 Å². The first-order valence-corrected chi connectivity index (χ1v) is 7.71. The number of likely N-dealkylation sites (N-methyl/N-ethyl adjacent to an activating group) is 1. The van der Waals surface area contributed by atoms with E-state index in [4.69, 9.17) is 0 Å². The lowest BCUT2D eigenvalue weighted by Gasteiger charge is -2.32. The third kappa shape index (κ3) is 5.77. The Labute approximate surface area is 126 Å². The van der Waals surface area contributed by atoms with Gasteiger partial charge in [0.05, 0.1) is 6.20 Å². The summed E-state index contributed by atoms with van der Waals surface area (Å²) in [6.45, 7) is 6.59. The average molecular weight is 291 g/mol. The van der Waals surface area contributed by atoms with Crippen molar-refractivity contribution >= 4 is 5.91 Å². The number of rotatable bonds is 7. The largest absolute Gasteiger partial charge is 0.351 e. The molecule has 1 saturated heterocycles. The number of hydrogen-bond donors (Lipinski definition) is 1. The molecule has 0 unspecified atom stereocenters. The van der Waals surface area contributed by atoms with Gasteiger partial charge in [0.2, 0.25) is 0 Å². The lowest BCUT2D eigenvalue weighted by molar-refractivity contribution is 0.0947. The van der Waals surface area contributed by atoms with E-state index in [1.807, 2.05) is 0 Å². The second kappa shape index (κ2) is 8.69. The molecule has 0 aliphatic carbocycles. The maximum Gasteiger partial charge on any atom is 0.271 e. The van der Waals surface area contributed by atoms with E-state index in [-0.39, 0.29) is 5.91 Å². The second-order valence-electron chi connectivity index (χ2n) is 5.55. The lowest BCUT2D eigenvalue weighted by Crippen LogP contribution is -2.44. The topological polar surface area (TPSA) is 61.4 Å². The van der Waals surface area contributed by atoms with Crippen molar-refractivity contribution in [2.45, 2.75) is 19.3 Å². The summed E-state index contributed by atoms with van der Waals surface area (Å²) >= 11 is 0. The van der Waals surface area contributed by atoms with Crippen molar-refractivity contribution in [3.8, 4) is 0 Å². The Kier molecular flexibility index (Phi) is 6.56. The number of piperazine rings is 1. The molecule has 2 rings (SSSR count). The van der Waals surface area contributed by atoms with Crippen LogP contribution in [0.25, 0.3) is 0 Å². The van der Waals surface area contributed by atoms with Gasteiger partial charge in [-0.2, -0.15) is 0 Å². The van der Waals surface area contributed by atoms with E-state index in [0.29, 0.717) is 12.2 Å². The molecule has 1 aromatic rings. The molecule has 1 N–H and O–H groups in total. The van der Waals surface area contributed by atoms with Crippen LogP contribution in [0.15, 0.2) is 18.6 Å². The van der Waals surface area contributed by atoms with Crippen molar-refractivity contribution in [3.05, 3.63) is 24.3 Å². The van der Waals surface area contributed by atoms with Gasteiger partial charge in [0.25, 0.3) is 5.91 Å². The summed E-state index contributed by atoms with van der Waals surface area (Å²) in [4.78, 5) is 24.5. The maximum absolute atomic E-state index is 11.7. The molecule has 0 bridgehead atoms. The summed E-state index contributed by atoms with van der Waals surface area (Å²) in [5, 5.41) is 2.88. The van der Waals surface area contributed by atoms with Gasteiger partial charge in [-0.15, -0.1) is 0 Å². The average Bonchev–Trinajstić information content (AvgIpc) is 2.53. The summed E-state index contributed by atoms with van der Waals surface area (Å²) in [6, 6.07) is 0. The van der Waals surface area contributed by atoms with Crippen molar-refractivity contribution in [2.75, 3.05) is 46.3 Å². The third-order valence-electron chi connectivity index (χ3n) is 3.83. The molecular weight excluding hydrogens is 266 g/mol. The number of nitrogens with one attached hydrogen (secondary N) is 1. The van der Waals surface area contributed by atoms with Crippen molar-refractivity contribution < 1.29 is 4.79 Å². The highest BCUT2D eigenvalue weighted by Crippen LogP contribution is 2.03. The number of carbonyl (C=O) groups excluding carboxylic acids is 1. The molecule has 2 heterocycles. The van der Waals surface area contributed by atoms with Crippen LogP contribution in [-0.4, -0.2) is 72.0 Å². The zero-order chi connectivity index (χ0) is 14.9. The van der Waals surface area contributed by atoms with E-state index in [1.54, 1.807) is 6.20 Å². The molecule has 0 radical (unpaired) electrons. The molecule has 6 nitrogen and oxygen atoms in total. The van der Waals surface area contributed by atoms with Gasteiger partial charge >= 0.3 is 0 Å². The SMILES string of the molecule is CN1CCN(CCCCCNC(=O)c2cnccn2)CC1. The minimum Gasteiger partial charge on any atom is -0.351 e. The van der Waals surface area contributed by atoms with Crippen molar-refractivity contribution in [3.63, 3.8) is 0 Å². The number of aromatic nitrogens is 2. The Hall–Kier alpha value is -1.53. The van der Waals surface area contributed by atoms with E-state index in [1.165, 1.54) is 51.5 Å². The predicted octanol–water partition coefficient (Wildman–Crippen LogP) is 0.624. The Morgan fingerprint density at radius 2 is 2.00 bits per heavy atom. The van der Waals surface area contributed by atoms with Crippen LogP contribution in [0, 0.1) is 0 Å². The normalized spacial score (nSPS) is 16.8. The summed E-state index contributed by atoms with van der Waals surface area (Å²) < 4.78 is 0.